The molecule has 0 unspecified atom stereocenters. The molecule has 5 nitrogen and oxygen atoms in total. The lowest BCUT2D eigenvalue weighted by Crippen LogP contribution is -2.47. The summed E-state index contributed by atoms with van der Waals surface area (Å²) in [7, 11) is 0. The highest BCUT2D eigenvalue weighted by atomic mass is 19.1. The Kier molecular flexibility index (Phi) is 4.89. The zero-order valence-electron chi connectivity index (χ0n) is 13.3. The van der Waals surface area contributed by atoms with E-state index in [4.69, 9.17) is 9.15 Å². The van der Waals surface area contributed by atoms with E-state index in [-0.39, 0.29) is 29.7 Å². The summed E-state index contributed by atoms with van der Waals surface area (Å²) in [6.07, 6.45) is 1.97. The minimum Gasteiger partial charge on any atom is -0.441 e. The van der Waals surface area contributed by atoms with Crippen molar-refractivity contribution in [2.75, 3.05) is 19.8 Å². The first kappa shape index (κ1) is 16.6. The summed E-state index contributed by atoms with van der Waals surface area (Å²) in [5.41, 5.74) is 0.142. The smallest absolute Gasteiger partial charge is 0.223 e. The van der Waals surface area contributed by atoms with Crippen molar-refractivity contribution in [3.8, 4) is 11.3 Å². The molecule has 2 heterocycles. The number of aromatic nitrogens is 1. The van der Waals surface area contributed by atoms with Crippen LogP contribution in [0.2, 0.25) is 0 Å². The second-order valence-electron chi connectivity index (χ2n) is 5.75. The molecule has 0 N–H and O–H groups in total. The van der Waals surface area contributed by atoms with Crippen LogP contribution in [0.1, 0.15) is 19.2 Å². The van der Waals surface area contributed by atoms with Crippen molar-refractivity contribution in [1.29, 1.82) is 0 Å². The Hall–Kier alpha value is -2.28. The number of benzene rings is 1. The number of carbonyl (C=O) groups excluding carboxylic acids is 1. The fourth-order valence-corrected chi connectivity index (χ4v) is 2.69. The van der Waals surface area contributed by atoms with Crippen molar-refractivity contribution in [2.45, 2.75) is 25.8 Å². The molecule has 0 bridgehead atoms. The lowest BCUT2D eigenvalue weighted by atomic mass is 10.2. The highest BCUT2D eigenvalue weighted by molar-refractivity contribution is 5.76. The van der Waals surface area contributed by atoms with Crippen LogP contribution >= 0.6 is 0 Å². The van der Waals surface area contributed by atoms with E-state index in [0.29, 0.717) is 32.1 Å². The number of oxazole rings is 1. The fraction of sp³-hybridized carbons (Fsp3) is 0.412. The molecule has 1 aliphatic rings. The van der Waals surface area contributed by atoms with E-state index in [1.807, 2.05) is 6.92 Å². The molecule has 24 heavy (non-hydrogen) atoms. The first-order valence-corrected chi connectivity index (χ1v) is 7.82. The number of halogens is 2. The van der Waals surface area contributed by atoms with Gasteiger partial charge < -0.3 is 14.1 Å². The normalized spacial score (nSPS) is 18.0. The molecule has 0 saturated carbocycles. The Morgan fingerprint density at radius 2 is 2.25 bits per heavy atom. The number of hydrogen-bond donors (Lipinski definition) is 0. The van der Waals surface area contributed by atoms with Crippen LogP contribution in [-0.4, -0.2) is 41.6 Å². The van der Waals surface area contributed by atoms with Gasteiger partial charge in [-0.2, -0.15) is 0 Å². The van der Waals surface area contributed by atoms with Gasteiger partial charge in [-0.05, 0) is 19.1 Å². The van der Waals surface area contributed by atoms with Gasteiger partial charge in [0.25, 0.3) is 0 Å². The molecule has 1 aromatic carbocycles. The first-order chi connectivity index (χ1) is 11.5. The number of ether oxygens (including phenoxy) is 1. The summed E-state index contributed by atoms with van der Waals surface area (Å²) in [5, 5.41) is 0. The third kappa shape index (κ3) is 3.62. The summed E-state index contributed by atoms with van der Waals surface area (Å²) < 4.78 is 37.5. The maximum absolute atomic E-state index is 13.7. The molecule has 0 spiro atoms. The Balaban J connectivity index is 1.63. The quantitative estimate of drug-likeness (QED) is 0.861. The molecule has 1 aliphatic heterocycles. The summed E-state index contributed by atoms with van der Waals surface area (Å²) in [5.74, 6) is -0.784. The Morgan fingerprint density at radius 1 is 1.42 bits per heavy atom. The van der Waals surface area contributed by atoms with Gasteiger partial charge >= 0.3 is 0 Å². The lowest BCUT2D eigenvalue weighted by Gasteiger charge is -2.33. The fourth-order valence-electron chi connectivity index (χ4n) is 2.69. The molecule has 2 aromatic rings. The molecular formula is C17H18F2N2O3. The number of aryl methyl sites for hydroxylation is 1. The SMILES string of the molecule is C[C@@H]1COCCN1C(=O)CCc1ncc(-c2ccc(F)cc2F)o1. The summed E-state index contributed by atoms with van der Waals surface area (Å²) in [6, 6.07) is 3.31. The van der Waals surface area contributed by atoms with E-state index in [9.17, 15) is 13.6 Å². The number of morpholine rings is 1. The van der Waals surface area contributed by atoms with Crippen LogP contribution in [0, 0.1) is 11.6 Å². The predicted molar refractivity (Wildman–Crippen MR) is 82.2 cm³/mol. The van der Waals surface area contributed by atoms with Gasteiger partial charge in [-0.25, -0.2) is 13.8 Å². The van der Waals surface area contributed by atoms with Crippen LogP contribution in [0.5, 0.6) is 0 Å². The Labute approximate surface area is 138 Å². The number of amides is 1. The van der Waals surface area contributed by atoms with E-state index in [1.54, 1.807) is 4.90 Å². The first-order valence-electron chi connectivity index (χ1n) is 7.82. The zero-order chi connectivity index (χ0) is 17.1. The molecule has 0 radical (unpaired) electrons. The number of nitrogens with zero attached hydrogens (tertiary/aromatic N) is 2. The van der Waals surface area contributed by atoms with Crippen LogP contribution in [0.25, 0.3) is 11.3 Å². The molecule has 1 aromatic heterocycles. The average molecular weight is 336 g/mol. The number of carbonyl (C=O) groups is 1. The van der Waals surface area contributed by atoms with Crippen molar-refractivity contribution in [3.05, 3.63) is 41.9 Å². The standard InChI is InChI=1S/C17H18F2N2O3/c1-11-10-23-7-6-21(11)17(22)5-4-16-20-9-15(24-16)13-3-2-12(18)8-14(13)19/h2-3,8-9,11H,4-7,10H2,1H3/t11-/m1/s1. The van der Waals surface area contributed by atoms with Crippen molar-refractivity contribution < 1.29 is 22.7 Å². The maximum Gasteiger partial charge on any atom is 0.223 e. The molecule has 1 atom stereocenters. The molecule has 1 amide bonds. The van der Waals surface area contributed by atoms with Gasteiger partial charge in [0.2, 0.25) is 5.91 Å². The van der Waals surface area contributed by atoms with Crippen LogP contribution in [0.4, 0.5) is 8.78 Å². The van der Waals surface area contributed by atoms with Gasteiger partial charge in [0, 0.05) is 25.5 Å². The predicted octanol–water partition coefficient (Wildman–Crippen LogP) is 2.80. The van der Waals surface area contributed by atoms with Gasteiger partial charge in [0.1, 0.15) is 11.6 Å². The highest BCUT2D eigenvalue weighted by Gasteiger charge is 2.23. The van der Waals surface area contributed by atoms with E-state index in [0.717, 1.165) is 12.1 Å². The second-order valence-corrected chi connectivity index (χ2v) is 5.75. The monoisotopic (exact) mass is 336 g/mol. The van der Waals surface area contributed by atoms with Crippen molar-refractivity contribution in [2.24, 2.45) is 0 Å². The Bertz CT molecular complexity index is 732. The van der Waals surface area contributed by atoms with E-state index >= 15 is 0 Å². The third-order valence-electron chi connectivity index (χ3n) is 3.99. The van der Waals surface area contributed by atoms with E-state index < -0.39 is 11.6 Å². The van der Waals surface area contributed by atoms with Gasteiger partial charge in [-0.1, -0.05) is 0 Å². The largest absolute Gasteiger partial charge is 0.441 e. The van der Waals surface area contributed by atoms with Gasteiger partial charge in [0.15, 0.2) is 11.7 Å². The van der Waals surface area contributed by atoms with Gasteiger partial charge in [0.05, 0.1) is 31.0 Å². The average Bonchev–Trinajstić information content (AvgIpc) is 3.01. The minimum atomic E-state index is -0.712. The van der Waals surface area contributed by atoms with Crippen molar-refractivity contribution >= 4 is 5.91 Å². The molecular weight excluding hydrogens is 318 g/mol. The van der Waals surface area contributed by atoms with Gasteiger partial charge in [-0.15, -0.1) is 0 Å². The molecule has 128 valence electrons. The molecule has 7 heteroatoms. The maximum atomic E-state index is 13.7. The Morgan fingerprint density at radius 3 is 3.00 bits per heavy atom. The summed E-state index contributed by atoms with van der Waals surface area (Å²) >= 11 is 0. The van der Waals surface area contributed by atoms with Crippen molar-refractivity contribution in [3.63, 3.8) is 0 Å². The van der Waals surface area contributed by atoms with Crippen LogP contribution < -0.4 is 0 Å². The lowest BCUT2D eigenvalue weighted by molar-refractivity contribution is -0.139. The second kappa shape index (κ2) is 7.09. The summed E-state index contributed by atoms with van der Waals surface area (Å²) in [6.45, 7) is 3.61. The summed E-state index contributed by atoms with van der Waals surface area (Å²) in [4.78, 5) is 18.1. The van der Waals surface area contributed by atoms with Gasteiger partial charge in [-0.3, -0.25) is 4.79 Å². The number of hydrogen-bond acceptors (Lipinski definition) is 4. The van der Waals surface area contributed by atoms with E-state index in [1.165, 1.54) is 12.3 Å². The molecule has 1 saturated heterocycles. The third-order valence-corrected chi connectivity index (χ3v) is 3.99. The number of rotatable bonds is 4. The van der Waals surface area contributed by atoms with Crippen LogP contribution in [-0.2, 0) is 16.0 Å². The molecule has 3 rings (SSSR count). The van der Waals surface area contributed by atoms with E-state index in [2.05, 4.69) is 4.98 Å². The topological polar surface area (TPSA) is 55.6 Å². The van der Waals surface area contributed by atoms with Crippen LogP contribution in [0.15, 0.2) is 28.8 Å². The zero-order valence-corrected chi connectivity index (χ0v) is 13.3. The molecule has 1 fully saturated rings. The van der Waals surface area contributed by atoms with Crippen molar-refractivity contribution in [1.82, 2.24) is 9.88 Å². The minimum absolute atomic E-state index is 0.0125. The molecule has 0 aliphatic carbocycles. The highest BCUT2D eigenvalue weighted by Crippen LogP contribution is 2.24. The van der Waals surface area contributed by atoms with Crippen LogP contribution in [0.3, 0.4) is 0 Å².